The van der Waals surface area contributed by atoms with Crippen molar-refractivity contribution in [2.75, 3.05) is 0 Å². The van der Waals surface area contributed by atoms with Crippen LogP contribution in [0.5, 0.6) is 0 Å². The van der Waals surface area contributed by atoms with Crippen LogP contribution in [0.1, 0.15) is 59.9 Å². The summed E-state index contributed by atoms with van der Waals surface area (Å²) < 4.78 is 0. The first-order valence-electron chi connectivity index (χ1n) is 9.45. The van der Waals surface area contributed by atoms with Crippen LogP contribution in [0.15, 0.2) is 30.3 Å². The van der Waals surface area contributed by atoms with Gasteiger partial charge in [0.1, 0.15) is 0 Å². The van der Waals surface area contributed by atoms with Crippen LogP contribution in [-0.2, 0) is 34.2 Å². The van der Waals surface area contributed by atoms with E-state index in [0.717, 1.165) is 5.92 Å². The molecular formula is C24H37SiTi. The molecule has 1 aliphatic carbocycles. The first kappa shape index (κ1) is 25.5. The van der Waals surface area contributed by atoms with Gasteiger partial charge in [-0.1, -0.05) is 94.4 Å². The van der Waals surface area contributed by atoms with E-state index in [9.17, 15) is 0 Å². The quantitative estimate of drug-likeness (QED) is 0.468. The average Bonchev–Trinajstić information content (AvgIpc) is 2.79. The Morgan fingerprint density at radius 3 is 2.15 bits per heavy atom. The number of benzene rings is 1. The van der Waals surface area contributed by atoms with Crippen molar-refractivity contribution < 1.29 is 21.7 Å². The molecule has 1 saturated carbocycles. The Labute approximate surface area is 180 Å². The molecule has 0 nitrogen and oxygen atoms in total. The standard InChI is InChI=1S/C22H31Si.2CH3.Ti/c1-16-17(2)21(14-19-10-6-4-7-11-19)22(18(16)3)15-23-20-12-8-5-9-13-20;;;/h5,8-9,12-13,19H,4,6-7,10-11,14-15,23H2,1-3H3;2*1H3;/q3*-1;+3. The normalized spacial score (nSPS) is 14.6. The topological polar surface area (TPSA) is 0 Å². The first-order valence-corrected chi connectivity index (χ1v) is 11.2. The average molecular weight is 402 g/mol. The summed E-state index contributed by atoms with van der Waals surface area (Å²) in [5.74, 6) is 0.945. The zero-order valence-corrected chi connectivity index (χ0v) is 20.6. The first-order chi connectivity index (χ1) is 11.2. The predicted octanol–water partition coefficient (Wildman–Crippen LogP) is 5.35. The van der Waals surface area contributed by atoms with Crippen LogP contribution < -0.4 is 5.19 Å². The second-order valence-electron chi connectivity index (χ2n) is 7.53. The molecule has 1 aliphatic rings. The van der Waals surface area contributed by atoms with Gasteiger partial charge in [-0.25, -0.2) is 0 Å². The minimum Gasteiger partial charge on any atom is -0.358 e. The smallest absolute Gasteiger partial charge is 0.358 e. The third kappa shape index (κ3) is 6.01. The molecule has 0 saturated heterocycles. The van der Waals surface area contributed by atoms with Crippen molar-refractivity contribution in [1.29, 1.82) is 0 Å². The molecule has 1 fully saturated rings. The Bertz CT molecular complexity index is 636. The maximum atomic E-state index is 2.37. The third-order valence-electron chi connectivity index (χ3n) is 6.12. The minimum absolute atomic E-state index is 0. The molecule has 0 N–H and O–H groups in total. The molecule has 1 radical (unpaired) electrons. The number of hydrogen-bond donors (Lipinski definition) is 0. The van der Waals surface area contributed by atoms with Crippen LogP contribution in [0.2, 0.25) is 0 Å². The summed E-state index contributed by atoms with van der Waals surface area (Å²) in [6.07, 6.45) is 8.63. The molecule has 0 amide bonds. The molecule has 0 heterocycles. The summed E-state index contributed by atoms with van der Waals surface area (Å²) >= 11 is 0. The second kappa shape index (κ2) is 12.1. The van der Waals surface area contributed by atoms with E-state index in [4.69, 9.17) is 0 Å². The molecule has 0 spiro atoms. The van der Waals surface area contributed by atoms with Crippen LogP contribution in [0.4, 0.5) is 0 Å². The van der Waals surface area contributed by atoms with Crippen LogP contribution in [0, 0.1) is 41.5 Å². The Kier molecular flexibility index (Phi) is 11.8. The van der Waals surface area contributed by atoms with Crippen molar-refractivity contribution in [3.8, 4) is 0 Å². The van der Waals surface area contributed by atoms with Crippen molar-refractivity contribution >= 4 is 14.7 Å². The van der Waals surface area contributed by atoms with Gasteiger partial charge in [-0.15, -0.1) is 0 Å². The molecule has 141 valence electrons. The van der Waals surface area contributed by atoms with E-state index in [1.165, 1.54) is 44.6 Å². The molecule has 0 atom stereocenters. The summed E-state index contributed by atoms with van der Waals surface area (Å²) in [4.78, 5) is 0. The van der Waals surface area contributed by atoms with Crippen molar-refractivity contribution in [1.82, 2.24) is 0 Å². The fourth-order valence-electron chi connectivity index (χ4n) is 4.40. The zero-order chi connectivity index (χ0) is 16.2. The van der Waals surface area contributed by atoms with E-state index in [1.807, 2.05) is 0 Å². The number of rotatable bonds is 5. The third-order valence-corrected chi connectivity index (χ3v) is 7.92. The van der Waals surface area contributed by atoms with Gasteiger partial charge in [0.25, 0.3) is 0 Å². The van der Waals surface area contributed by atoms with Crippen LogP contribution in [0.3, 0.4) is 0 Å². The summed E-state index contributed by atoms with van der Waals surface area (Å²) in [7, 11) is -0.193. The van der Waals surface area contributed by atoms with Gasteiger partial charge in [-0.3, -0.25) is 0 Å². The largest absolute Gasteiger partial charge is 3.00 e. The van der Waals surface area contributed by atoms with E-state index in [-0.39, 0.29) is 46.1 Å². The number of hydrogen-bond acceptors (Lipinski definition) is 0. The summed E-state index contributed by atoms with van der Waals surface area (Å²) in [6.45, 7) is 7.07. The SMILES string of the molecule is Cc1c(C)c(CC2CCCCC2)[c-](C[SiH2]c2ccccc2)c1C.[CH3-].[CH3-].[Ti+3]. The predicted molar refractivity (Wildman–Crippen MR) is 118 cm³/mol. The van der Waals surface area contributed by atoms with Crippen molar-refractivity contribution in [2.45, 2.75) is 65.3 Å². The van der Waals surface area contributed by atoms with Crippen molar-refractivity contribution in [3.63, 3.8) is 0 Å². The van der Waals surface area contributed by atoms with Crippen molar-refractivity contribution in [3.05, 3.63) is 73.0 Å². The second-order valence-corrected chi connectivity index (χ2v) is 9.34. The van der Waals surface area contributed by atoms with Gasteiger partial charge in [-0.2, -0.15) is 27.8 Å². The van der Waals surface area contributed by atoms with Gasteiger partial charge in [0.2, 0.25) is 0 Å². The minimum atomic E-state index is -0.193. The fraction of sp³-hybridized carbons (Fsp3) is 0.458. The Morgan fingerprint density at radius 1 is 0.923 bits per heavy atom. The van der Waals surface area contributed by atoms with Gasteiger partial charge in [0, 0.05) is 9.52 Å². The van der Waals surface area contributed by atoms with Gasteiger partial charge < -0.3 is 14.9 Å². The molecule has 0 aliphatic heterocycles. The zero-order valence-electron chi connectivity index (χ0n) is 17.6. The maximum Gasteiger partial charge on any atom is 3.00 e. The Balaban J connectivity index is 0.00000208. The molecule has 0 aromatic heterocycles. The molecule has 0 unspecified atom stereocenters. The Hall–Kier alpha value is -0.499. The molecule has 2 aromatic carbocycles. The Morgan fingerprint density at radius 2 is 1.54 bits per heavy atom. The van der Waals surface area contributed by atoms with Crippen LogP contribution in [0.25, 0.3) is 0 Å². The van der Waals surface area contributed by atoms with E-state index in [1.54, 1.807) is 33.0 Å². The molecule has 2 aromatic rings. The monoisotopic (exact) mass is 401 g/mol. The van der Waals surface area contributed by atoms with Crippen LogP contribution >= 0.6 is 0 Å². The van der Waals surface area contributed by atoms with Crippen LogP contribution in [-0.4, -0.2) is 9.52 Å². The van der Waals surface area contributed by atoms with Crippen molar-refractivity contribution in [2.24, 2.45) is 5.92 Å². The van der Waals surface area contributed by atoms with Gasteiger partial charge >= 0.3 is 21.7 Å². The van der Waals surface area contributed by atoms with Gasteiger partial charge in [0.15, 0.2) is 0 Å². The van der Waals surface area contributed by atoms with E-state index in [0.29, 0.717) is 0 Å². The van der Waals surface area contributed by atoms with E-state index in [2.05, 4.69) is 51.1 Å². The maximum absolute atomic E-state index is 2.37. The van der Waals surface area contributed by atoms with E-state index >= 15 is 0 Å². The molecule has 3 rings (SSSR count). The van der Waals surface area contributed by atoms with Gasteiger partial charge in [0.05, 0.1) is 0 Å². The summed E-state index contributed by atoms with van der Waals surface area (Å²) in [6, 6.07) is 12.5. The van der Waals surface area contributed by atoms with Gasteiger partial charge in [-0.05, 0) is 12.3 Å². The summed E-state index contributed by atoms with van der Waals surface area (Å²) in [5, 5.41) is 1.60. The van der Waals surface area contributed by atoms with E-state index < -0.39 is 0 Å². The molecule has 26 heavy (non-hydrogen) atoms. The molecular weight excluding hydrogens is 364 g/mol. The molecule has 0 bridgehead atoms. The fourth-order valence-corrected chi connectivity index (χ4v) is 6.22. The summed E-state index contributed by atoms with van der Waals surface area (Å²) in [5.41, 5.74) is 8.21. The molecule has 2 heteroatoms.